The van der Waals surface area contributed by atoms with Crippen molar-refractivity contribution in [3.05, 3.63) is 65.3 Å². The minimum absolute atomic E-state index is 0.0185. The molecule has 0 unspecified atom stereocenters. The molecule has 0 aliphatic carbocycles. The summed E-state index contributed by atoms with van der Waals surface area (Å²) >= 11 is 0. The molecule has 1 heterocycles. The highest BCUT2D eigenvalue weighted by Gasteiger charge is 2.13. The molecule has 2 nitrogen and oxygen atoms in total. The Balaban J connectivity index is 2.16. The Morgan fingerprint density at radius 3 is 2.78 bits per heavy atom. The molecule has 0 saturated heterocycles. The van der Waals surface area contributed by atoms with Crippen molar-refractivity contribution in [1.29, 1.82) is 0 Å². The molecule has 1 aliphatic rings. The van der Waals surface area contributed by atoms with E-state index in [2.05, 4.69) is 31.7 Å². The van der Waals surface area contributed by atoms with Crippen LogP contribution in [0.25, 0.3) is 6.08 Å². The van der Waals surface area contributed by atoms with Crippen LogP contribution in [-0.4, -0.2) is 19.3 Å². The van der Waals surface area contributed by atoms with Crippen molar-refractivity contribution in [2.45, 2.75) is 13.0 Å². The minimum atomic E-state index is -0.0185. The topological polar surface area (TPSA) is 35.2 Å². The van der Waals surface area contributed by atoms with Gasteiger partial charge in [-0.1, -0.05) is 49.1 Å². The van der Waals surface area contributed by atoms with Crippen molar-refractivity contribution >= 4 is 6.08 Å². The fourth-order valence-corrected chi connectivity index (χ4v) is 1.99. The second kappa shape index (κ2) is 5.80. The third kappa shape index (κ3) is 3.19. The molecule has 1 aliphatic heterocycles. The van der Waals surface area contributed by atoms with E-state index in [1.54, 1.807) is 0 Å². The highest BCUT2D eigenvalue weighted by atomic mass is 16.5. The molecule has 94 valence electrons. The van der Waals surface area contributed by atoms with Crippen LogP contribution < -0.4 is 5.73 Å². The van der Waals surface area contributed by atoms with Crippen LogP contribution in [0.5, 0.6) is 0 Å². The largest absolute Gasteiger partial charge is 0.375 e. The third-order valence-corrected chi connectivity index (χ3v) is 3.03. The van der Waals surface area contributed by atoms with E-state index in [1.807, 2.05) is 24.3 Å². The molecule has 1 aromatic carbocycles. The molecule has 18 heavy (non-hydrogen) atoms. The summed E-state index contributed by atoms with van der Waals surface area (Å²) in [5, 5.41) is 0. The second-order valence-corrected chi connectivity index (χ2v) is 4.59. The summed E-state index contributed by atoms with van der Waals surface area (Å²) in [7, 11) is 0. The Morgan fingerprint density at radius 2 is 2.11 bits per heavy atom. The summed E-state index contributed by atoms with van der Waals surface area (Å²) in [5.74, 6) is 0. The number of allylic oxidation sites excluding steroid dienone is 1. The van der Waals surface area contributed by atoms with Crippen molar-refractivity contribution in [2.75, 3.05) is 13.2 Å². The van der Waals surface area contributed by atoms with Gasteiger partial charge in [0.1, 0.15) is 0 Å². The third-order valence-electron chi connectivity index (χ3n) is 3.03. The highest BCUT2D eigenvalue weighted by Crippen LogP contribution is 2.22. The van der Waals surface area contributed by atoms with Crippen molar-refractivity contribution in [2.24, 2.45) is 5.73 Å². The first-order chi connectivity index (χ1) is 8.66. The van der Waals surface area contributed by atoms with Gasteiger partial charge in [-0.05, 0) is 29.2 Å². The lowest BCUT2D eigenvalue weighted by Gasteiger charge is -2.20. The second-order valence-electron chi connectivity index (χ2n) is 4.59. The fourth-order valence-electron chi connectivity index (χ4n) is 1.99. The predicted octanol–water partition coefficient (Wildman–Crippen LogP) is 2.93. The number of ether oxygens (including phenoxy) is 1. The van der Waals surface area contributed by atoms with Crippen LogP contribution >= 0.6 is 0 Å². The molecule has 0 aromatic heterocycles. The summed E-state index contributed by atoms with van der Waals surface area (Å²) in [4.78, 5) is 0. The van der Waals surface area contributed by atoms with Gasteiger partial charge in [0.05, 0.1) is 13.2 Å². The quantitative estimate of drug-likeness (QED) is 0.826. The van der Waals surface area contributed by atoms with Crippen molar-refractivity contribution in [3.63, 3.8) is 0 Å². The average Bonchev–Trinajstić information content (AvgIpc) is 2.39. The van der Waals surface area contributed by atoms with E-state index in [0.717, 1.165) is 16.7 Å². The van der Waals surface area contributed by atoms with Crippen LogP contribution in [0.2, 0.25) is 0 Å². The molecule has 2 rings (SSSR count). The van der Waals surface area contributed by atoms with Gasteiger partial charge in [-0.15, -0.1) is 0 Å². The fraction of sp³-hybridized carbons (Fsp3) is 0.250. The van der Waals surface area contributed by atoms with E-state index in [0.29, 0.717) is 13.2 Å². The van der Waals surface area contributed by atoms with Gasteiger partial charge in [0.25, 0.3) is 0 Å². The molecule has 1 aromatic rings. The first-order valence-electron chi connectivity index (χ1n) is 6.14. The number of hydrogen-bond acceptors (Lipinski definition) is 2. The van der Waals surface area contributed by atoms with Crippen molar-refractivity contribution in [3.8, 4) is 0 Å². The molecule has 0 saturated carbocycles. The van der Waals surface area contributed by atoms with Gasteiger partial charge in [-0.3, -0.25) is 0 Å². The normalized spacial score (nSPS) is 20.4. The molecule has 0 bridgehead atoms. The maximum absolute atomic E-state index is 5.85. The lowest BCUT2D eigenvalue weighted by Crippen LogP contribution is -2.29. The Kier molecular flexibility index (Phi) is 4.13. The summed E-state index contributed by atoms with van der Waals surface area (Å²) in [6.07, 6.45) is 4.18. The first kappa shape index (κ1) is 12.8. The number of hydrogen-bond donors (Lipinski definition) is 1. The summed E-state index contributed by atoms with van der Waals surface area (Å²) in [6, 6.07) is 10.2. The van der Waals surface area contributed by atoms with E-state index < -0.39 is 0 Å². The van der Waals surface area contributed by atoms with Gasteiger partial charge >= 0.3 is 0 Å². The summed E-state index contributed by atoms with van der Waals surface area (Å²) < 4.78 is 5.43. The zero-order valence-corrected chi connectivity index (χ0v) is 10.7. The molecular formula is C16H19NO. The number of rotatable bonds is 3. The summed E-state index contributed by atoms with van der Waals surface area (Å²) in [5.41, 5.74) is 10.3. The van der Waals surface area contributed by atoms with Crippen molar-refractivity contribution < 1.29 is 4.74 Å². The van der Waals surface area contributed by atoms with Crippen LogP contribution in [0, 0.1) is 0 Å². The lowest BCUT2D eigenvalue weighted by atomic mass is 9.96. The smallest absolute Gasteiger partial charge is 0.0721 e. The molecule has 2 heteroatoms. The Morgan fingerprint density at radius 1 is 1.39 bits per heavy atom. The van der Waals surface area contributed by atoms with Crippen LogP contribution in [0.1, 0.15) is 12.5 Å². The maximum Gasteiger partial charge on any atom is 0.0721 e. The summed E-state index contributed by atoms with van der Waals surface area (Å²) in [6.45, 7) is 7.40. The minimum Gasteiger partial charge on any atom is -0.375 e. The highest BCUT2D eigenvalue weighted by molar-refractivity contribution is 5.61. The van der Waals surface area contributed by atoms with Crippen molar-refractivity contribution in [1.82, 2.24) is 0 Å². The van der Waals surface area contributed by atoms with E-state index >= 15 is 0 Å². The standard InChI is InChI=1S/C16H19NO/c1-12(8-14-6-4-3-5-7-14)13(2)15-9-16(17)11-18-10-15/h3-9,16H,2,10-11,17H2,1H3/b12-8+/t16-/m1/s1. The van der Waals surface area contributed by atoms with E-state index in [-0.39, 0.29) is 6.04 Å². The molecule has 2 N–H and O–H groups in total. The first-order valence-corrected chi connectivity index (χ1v) is 6.14. The molecule has 0 radical (unpaired) electrons. The molecule has 0 fully saturated rings. The molecule has 0 amide bonds. The Hall–Kier alpha value is -1.64. The maximum atomic E-state index is 5.85. The van der Waals surface area contributed by atoms with Gasteiger partial charge in [-0.2, -0.15) is 0 Å². The number of benzene rings is 1. The molecular weight excluding hydrogens is 222 g/mol. The zero-order chi connectivity index (χ0) is 13.0. The average molecular weight is 241 g/mol. The molecule has 1 atom stereocenters. The Labute approximate surface area is 108 Å². The van der Waals surface area contributed by atoms with Crippen LogP contribution in [0.4, 0.5) is 0 Å². The number of nitrogens with two attached hydrogens (primary N) is 1. The molecule has 0 spiro atoms. The van der Waals surface area contributed by atoms with E-state index in [1.165, 1.54) is 5.56 Å². The van der Waals surface area contributed by atoms with E-state index in [9.17, 15) is 0 Å². The lowest BCUT2D eigenvalue weighted by molar-refractivity contribution is 0.141. The van der Waals surface area contributed by atoms with Gasteiger partial charge in [0, 0.05) is 6.04 Å². The van der Waals surface area contributed by atoms with Crippen LogP contribution in [0.3, 0.4) is 0 Å². The van der Waals surface area contributed by atoms with Gasteiger partial charge < -0.3 is 10.5 Å². The van der Waals surface area contributed by atoms with Gasteiger partial charge in [0.2, 0.25) is 0 Å². The monoisotopic (exact) mass is 241 g/mol. The zero-order valence-electron chi connectivity index (χ0n) is 10.7. The van der Waals surface area contributed by atoms with Gasteiger partial charge in [0.15, 0.2) is 0 Å². The SMILES string of the molecule is C=C(C1=C[C@@H](N)COC1)/C(C)=C/c1ccccc1. The van der Waals surface area contributed by atoms with E-state index in [4.69, 9.17) is 10.5 Å². The van der Waals surface area contributed by atoms with Crippen LogP contribution in [-0.2, 0) is 4.74 Å². The Bertz CT molecular complexity index is 485. The predicted molar refractivity (Wildman–Crippen MR) is 76.1 cm³/mol. The van der Waals surface area contributed by atoms with Crippen LogP contribution in [0.15, 0.2) is 59.7 Å². The van der Waals surface area contributed by atoms with Gasteiger partial charge in [-0.25, -0.2) is 0 Å².